The average molecular weight is 270 g/mol. The van der Waals surface area contributed by atoms with Crippen LogP contribution in [-0.4, -0.2) is 23.0 Å². The van der Waals surface area contributed by atoms with Gasteiger partial charge in [-0.25, -0.2) is 8.78 Å². The van der Waals surface area contributed by atoms with E-state index in [1.54, 1.807) is 6.07 Å². The summed E-state index contributed by atoms with van der Waals surface area (Å²) in [6.07, 6.45) is 1.79. The minimum absolute atomic E-state index is 0.286. The van der Waals surface area contributed by atoms with Crippen molar-refractivity contribution in [1.82, 2.24) is 4.90 Å². The van der Waals surface area contributed by atoms with Gasteiger partial charge in [0.05, 0.1) is 4.99 Å². The van der Waals surface area contributed by atoms with E-state index in [9.17, 15) is 8.78 Å². The summed E-state index contributed by atoms with van der Waals surface area (Å²) >= 11 is 4.97. The third-order valence-electron chi connectivity index (χ3n) is 3.42. The van der Waals surface area contributed by atoms with Gasteiger partial charge >= 0.3 is 0 Å². The quantitative estimate of drug-likeness (QED) is 0.856. The van der Waals surface area contributed by atoms with Crippen molar-refractivity contribution >= 4 is 17.2 Å². The Hall–Kier alpha value is -1.07. The molecule has 0 unspecified atom stereocenters. The molecule has 0 saturated carbocycles. The lowest BCUT2D eigenvalue weighted by atomic mass is 9.96. The highest BCUT2D eigenvalue weighted by Gasteiger charge is 2.22. The molecule has 2 nitrogen and oxygen atoms in total. The molecule has 0 amide bonds. The fraction of sp³-hybridized carbons (Fsp3) is 0.462. The third-order valence-corrected chi connectivity index (χ3v) is 3.75. The molecule has 0 atom stereocenters. The molecular weight excluding hydrogens is 254 g/mol. The predicted octanol–water partition coefficient (Wildman–Crippen LogP) is 2.46. The monoisotopic (exact) mass is 270 g/mol. The molecule has 0 spiro atoms. The summed E-state index contributed by atoms with van der Waals surface area (Å²) in [4.78, 5) is 2.67. The Kier molecular flexibility index (Phi) is 4.24. The highest BCUT2D eigenvalue weighted by atomic mass is 32.1. The van der Waals surface area contributed by atoms with Crippen LogP contribution < -0.4 is 5.73 Å². The van der Waals surface area contributed by atoms with Gasteiger partial charge in [-0.05, 0) is 32.0 Å². The highest BCUT2D eigenvalue weighted by Crippen LogP contribution is 2.20. The topological polar surface area (TPSA) is 29.3 Å². The number of piperidine rings is 1. The number of nitrogens with zero attached hydrogens (tertiary/aromatic N) is 1. The molecule has 1 aromatic carbocycles. The molecular formula is C13H16F2N2S. The molecule has 0 aromatic heterocycles. The van der Waals surface area contributed by atoms with Gasteiger partial charge in [-0.3, -0.25) is 4.90 Å². The van der Waals surface area contributed by atoms with Crippen molar-refractivity contribution in [1.29, 1.82) is 0 Å². The van der Waals surface area contributed by atoms with Gasteiger partial charge < -0.3 is 5.73 Å². The molecule has 5 heteroatoms. The zero-order valence-electron chi connectivity index (χ0n) is 10.0. The molecule has 0 bridgehead atoms. The molecule has 1 fully saturated rings. The van der Waals surface area contributed by atoms with Gasteiger partial charge in [0.2, 0.25) is 0 Å². The van der Waals surface area contributed by atoms with Gasteiger partial charge in [-0.1, -0.05) is 24.4 Å². The van der Waals surface area contributed by atoms with Crippen LogP contribution >= 0.6 is 12.2 Å². The number of nitrogens with two attached hydrogens (primary N) is 1. The second-order valence-corrected chi connectivity index (χ2v) is 5.14. The summed E-state index contributed by atoms with van der Waals surface area (Å²) in [6, 6.07) is 4.30. The van der Waals surface area contributed by atoms with Crippen molar-refractivity contribution in [2.24, 2.45) is 11.7 Å². The standard InChI is InChI=1S/C13H16F2N2S/c14-11-3-1-2-10(12(11)15)8-17-6-4-9(5-7-17)13(16)18/h1-3,9H,4-8H2,(H2,16,18). The summed E-state index contributed by atoms with van der Waals surface area (Å²) in [5.41, 5.74) is 6.02. The number of likely N-dealkylation sites (tertiary alicyclic amines) is 1. The van der Waals surface area contributed by atoms with Crippen molar-refractivity contribution in [3.8, 4) is 0 Å². The summed E-state index contributed by atoms with van der Waals surface area (Å²) in [6.45, 7) is 2.07. The van der Waals surface area contributed by atoms with E-state index < -0.39 is 11.6 Å². The van der Waals surface area contributed by atoms with Crippen LogP contribution in [0.2, 0.25) is 0 Å². The second kappa shape index (κ2) is 5.71. The van der Waals surface area contributed by atoms with E-state index >= 15 is 0 Å². The normalized spacial score (nSPS) is 17.9. The molecule has 2 rings (SSSR count). The smallest absolute Gasteiger partial charge is 0.163 e. The van der Waals surface area contributed by atoms with Crippen molar-refractivity contribution in [2.45, 2.75) is 19.4 Å². The first-order valence-corrected chi connectivity index (χ1v) is 6.43. The molecule has 0 radical (unpaired) electrons. The lowest BCUT2D eigenvalue weighted by molar-refractivity contribution is 0.199. The van der Waals surface area contributed by atoms with Gasteiger partial charge in [0.15, 0.2) is 11.6 Å². The summed E-state index contributed by atoms with van der Waals surface area (Å²) in [5.74, 6) is -1.24. The maximum Gasteiger partial charge on any atom is 0.163 e. The van der Waals surface area contributed by atoms with E-state index in [1.165, 1.54) is 6.07 Å². The van der Waals surface area contributed by atoms with Gasteiger partial charge in [0.1, 0.15) is 0 Å². The average Bonchev–Trinajstić information content (AvgIpc) is 2.36. The molecule has 1 aliphatic rings. The third kappa shape index (κ3) is 3.03. The van der Waals surface area contributed by atoms with E-state index in [0.29, 0.717) is 17.1 Å². The first kappa shape index (κ1) is 13.4. The van der Waals surface area contributed by atoms with E-state index in [1.807, 2.05) is 0 Å². The van der Waals surface area contributed by atoms with Gasteiger partial charge in [0.25, 0.3) is 0 Å². The Morgan fingerprint density at radius 3 is 2.61 bits per heavy atom. The molecule has 0 aliphatic carbocycles. The fourth-order valence-corrected chi connectivity index (χ4v) is 2.52. The lowest BCUT2D eigenvalue weighted by Gasteiger charge is -2.31. The number of thiocarbonyl (C=S) groups is 1. The number of rotatable bonds is 3. The minimum atomic E-state index is -0.787. The van der Waals surface area contributed by atoms with Crippen LogP contribution in [0.1, 0.15) is 18.4 Å². The van der Waals surface area contributed by atoms with Crippen LogP contribution in [0.25, 0.3) is 0 Å². The second-order valence-electron chi connectivity index (χ2n) is 4.67. The molecule has 1 saturated heterocycles. The first-order chi connectivity index (χ1) is 8.58. The van der Waals surface area contributed by atoms with Gasteiger partial charge in [0, 0.05) is 18.0 Å². The van der Waals surface area contributed by atoms with Crippen molar-refractivity contribution in [2.75, 3.05) is 13.1 Å². The van der Waals surface area contributed by atoms with Crippen LogP contribution in [0, 0.1) is 17.6 Å². The van der Waals surface area contributed by atoms with Crippen molar-refractivity contribution in [3.05, 3.63) is 35.4 Å². The van der Waals surface area contributed by atoms with Gasteiger partial charge in [-0.15, -0.1) is 0 Å². The Labute approximate surface area is 111 Å². The summed E-state index contributed by atoms with van der Waals surface area (Å²) in [5, 5.41) is 0. The van der Waals surface area contributed by atoms with Crippen LogP contribution in [0.3, 0.4) is 0 Å². The number of hydrogen-bond acceptors (Lipinski definition) is 2. The zero-order chi connectivity index (χ0) is 13.1. The van der Waals surface area contributed by atoms with E-state index in [4.69, 9.17) is 18.0 Å². The zero-order valence-corrected chi connectivity index (χ0v) is 10.9. The minimum Gasteiger partial charge on any atom is -0.393 e. The molecule has 18 heavy (non-hydrogen) atoms. The Morgan fingerprint density at radius 1 is 1.33 bits per heavy atom. The SMILES string of the molecule is NC(=S)C1CCN(Cc2cccc(F)c2F)CC1. The number of benzene rings is 1. The predicted molar refractivity (Wildman–Crippen MR) is 71.1 cm³/mol. The van der Waals surface area contributed by atoms with Crippen LogP contribution in [0.5, 0.6) is 0 Å². The molecule has 2 N–H and O–H groups in total. The molecule has 1 heterocycles. The maximum atomic E-state index is 13.5. The summed E-state index contributed by atoms with van der Waals surface area (Å²) in [7, 11) is 0. The van der Waals surface area contributed by atoms with E-state index in [2.05, 4.69) is 4.90 Å². The maximum absolute atomic E-state index is 13.5. The van der Waals surface area contributed by atoms with Crippen molar-refractivity contribution in [3.63, 3.8) is 0 Å². The van der Waals surface area contributed by atoms with Gasteiger partial charge in [-0.2, -0.15) is 0 Å². The Morgan fingerprint density at radius 2 is 2.00 bits per heavy atom. The van der Waals surface area contributed by atoms with Crippen molar-refractivity contribution < 1.29 is 8.78 Å². The number of hydrogen-bond donors (Lipinski definition) is 1. The first-order valence-electron chi connectivity index (χ1n) is 6.02. The molecule has 1 aliphatic heterocycles. The van der Waals surface area contributed by atoms with Crippen LogP contribution in [0.15, 0.2) is 18.2 Å². The summed E-state index contributed by atoms with van der Waals surface area (Å²) < 4.78 is 26.6. The number of halogens is 2. The lowest BCUT2D eigenvalue weighted by Crippen LogP contribution is -2.37. The Balaban J connectivity index is 1.96. The Bertz CT molecular complexity index is 443. The van der Waals surface area contributed by atoms with E-state index in [-0.39, 0.29) is 5.92 Å². The molecule has 1 aromatic rings. The highest BCUT2D eigenvalue weighted by molar-refractivity contribution is 7.80. The molecule has 98 valence electrons. The van der Waals surface area contributed by atoms with Crippen LogP contribution in [0.4, 0.5) is 8.78 Å². The van der Waals surface area contributed by atoms with Crippen LogP contribution in [-0.2, 0) is 6.54 Å². The fourth-order valence-electron chi connectivity index (χ4n) is 2.29. The van der Waals surface area contributed by atoms with E-state index in [0.717, 1.165) is 32.0 Å². The largest absolute Gasteiger partial charge is 0.393 e.